The second-order valence-corrected chi connectivity index (χ2v) is 5.50. The van der Waals surface area contributed by atoms with Gasteiger partial charge in [-0.05, 0) is 32.9 Å². The fourth-order valence-corrected chi connectivity index (χ4v) is 1.65. The lowest BCUT2D eigenvalue weighted by molar-refractivity contribution is 0.192. The SMILES string of the molecule is CC(C)(C)NC(=O)Oc1ccc(Cl)s1. The molecule has 1 rings (SSSR count). The summed E-state index contributed by atoms with van der Waals surface area (Å²) in [4.78, 5) is 11.3. The maximum Gasteiger partial charge on any atom is 0.413 e. The molecule has 0 aliphatic carbocycles. The molecule has 3 nitrogen and oxygen atoms in total. The number of amides is 1. The summed E-state index contributed by atoms with van der Waals surface area (Å²) >= 11 is 6.91. The van der Waals surface area contributed by atoms with Gasteiger partial charge in [0.05, 0.1) is 4.34 Å². The first-order valence-corrected chi connectivity index (χ1v) is 5.31. The standard InChI is InChI=1S/C9H12ClNO2S/c1-9(2,3)11-8(12)13-7-5-4-6(10)14-7/h4-5H,1-3H3,(H,11,12). The van der Waals surface area contributed by atoms with Crippen LogP contribution in [0.25, 0.3) is 0 Å². The number of thiophene rings is 1. The van der Waals surface area contributed by atoms with Crippen molar-refractivity contribution in [3.05, 3.63) is 16.5 Å². The molecular formula is C9H12ClNO2S. The highest BCUT2D eigenvalue weighted by Crippen LogP contribution is 2.28. The van der Waals surface area contributed by atoms with E-state index in [1.54, 1.807) is 12.1 Å². The molecule has 1 heterocycles. The monoisotopic (exact) mass is 233 g/mol. The number of ether oxygens (including phenoxy) is 1. The summed E-state index contributed by atoms with van der Waals surface area (Å²) in [5.41, 5.74) is -0.294. The highest BCUT2D eigenvalue weighted by atomic mass is 35.5. The van der Waals surface area contributed by atoms with Gasteiger partial charge < -0.3 is 10.1 Å². The van der Waals surface area contributed by atoms with Crippen LogP contribution in [0.3, 0.4) is 0 Å². The van der Waals surface area contributed by atoms with Crippen molar-refractivity contribution in [2.24, 2.45) is 0 Å². The topological polar surface area (TPSA) is 38.3 Å². The van der Waals surface area contributed by atoms with E-state index in [2.05, 4.69) is 5.32 Å². The minimum absolute atomic E-state index is 0.294. The Kier molecular flexibility index (Phi) is 3.39. The maximum atomic E-state index is 11.3. The van der Waals surface area contributed by atoms with E-state index in [0.717, 1.165) is 0 Å². The van der Waals surface area contributed by atoms with E-state index >= 15 is 0 Å². The van der Waals surface area contributed by atoms with Gasteiger partial charge >= 0.3 is 6.09 Å². The third-order valence-corrected chi connectivity index (χ3v) is 2.33. The second kappa shape index (κ2) is 4.19. The van der Waals surface area contributed by atoms with Crippen LogP contribution < -0.4 is 10.1 Å². The Morgan fingerprint density at radius 1 is 1.50 bits per heavy atom. The summed E-state index contributed by atoms with van der Waals surface area (Å²) in [7, 11) is 0. The number of carbonyl (C=O) groups is 1. The smallest absolute Gasteiger partial charge is 0.399 e. The molecule has 0 aliphatic heterocycles. The number of halogens is 1. The van der Waals surface area contributed by atoms with E-state index in [1.807, 2.05) is 20.8 Å². The highest BCUT2D eigenvalue weighted by Gasteiger charge is 2.15. The lowest BCUT2D eigenvalue weighted by Gasteiger charge is -2.19. The van der Waals surface area contributed by atoms with Gasteiger partial charge in [0, 0.05) is 5.54 Å². The average Bonchev–Trinajstić information content (AvgIpc) is 2.30. The molecule has 0 bridgehead atoms. The number of hydrogen-bond acceptors (Lipinski definition) is 3. The van der Waals surface area contributed by atoms with Crippen molar-refractivity contribution in [1.29, 1.82) is 0 Å². The fraction of sp³-hybridized carbons (Fsp3) is 0.444. The van der Waals surface area contributed by atoms with Crippen molar-refractivity contribution in [1.82, 2.24) is 5.32 Å². The van der Waals surface area contributed by atoms with Crippen LogP contribution >= 0.6 is 22.9 Å². The molecule has 0 fully saturated rings. The molecule has 0 saturated heterocycles. The summed E-state index contributed by atoms with van der Waals surface area (Å²) < 4.78 is 5.60. The van der Waals surface area contributed by atoms with Crippen LogP contribution in [0.5, 0.6) is 5.06 Å². The summed E-state index contributed by atoms with van der Waals surface area (Å²) in [6.07, 6.45) is -0.462. The van der Waals surface area contributed by atoms with E-state index in [1.165, 1.54) is 11.3 Å². The molecule has 78 valence electrons. The third kappa shape index (κ3) is 3.98. The van der Waals surface area contributed by atoms with Gasteiger partial charge in [-0.2, -0.15) is 0 Å². The van der Waals surface area contributed by atoms with Crippen LogP contribution in [-0.4, -0.2) is 11.6 Å². The molecule has 0 unspecified atom stereocenters. The first kappa shape index (κ1) is 11.3. The highest BCUT2D eigenvalue weighted by molar-refractivity contribution is 7.17. The molecule has 14 heavy (non-hydrogen) atoms. The number of rotatable bonds is 1. The van der Waals surface area contributed by atoms with Crippen molar-refractivity contribution < 1.29 is 9.53 Å². The van der Waals surface area contributed by atoms with Crippen molar-refractivity contribution in [2.45, 2.75) is 26.3 Å². The molecule has 1 aromatic heterocycles. The van der Waals surface area contributed by atoms with Crippen LogP contribution in [0.15, 0.2) is 12.1 Å². The molecule has 1 aromatic rings. The van der Waals surface area contributed by atoms with Crippen molar-refractivity contribution >= 4 is 29.0 Å². The summed E-state index contributed by atoms with van der Waals surface area (Å²) in [5, 5.41) is 3.18. The molecule has 0 saturated carbocycles. The Labute approximate surface area is 92.0 Å². The van der Waals surface area contributed by atoms with Gasteiger partial charge in [0.15, 0.2) is 5.06 Å². The zero-order valence-electron chi connectivity index (χ0n) is 8.26. The Morgan fingerprint density at radius 2 is 2.14 bits per heavy atom. The van der Waals surface area contributed by atoms with Gasteiger partial charge in [-0.25, -0.2) is 4.79 Å². The number of carbonyl (C=O) groups excluding carboxylic acids is 1. The van der Waals surface area contributed by atoms with Gasteiger partial charge in [0.2, 0.25) is 0 Å². The molecule has 0 spiro atoms. The molecule has 0 atom stereocenters. The molecule has 1 amide bonds. The Bertz CT molecular complexity index is 330. The van der Waals surface area contributed by atoms with E-state index in [4.69, 9.17) is 16.3 Å². The van der Waals surface area contributed by atoms with Crippen molar-refractivity contribution in [3.63, 3.8) is 0 Å². The van der Waals surface area contributed by atoms with Crippen LogP contribution in [0.2, 0.25) is 4.34 Å². The largest absolute Gasteiger partial charge is 0.413 e. The van der Waals surface area contributed by atoms with Gasteiger partial charge in [0.1, 0.15) is 0 Å². The molecule has 5 heteroatoms. The third-order valence-electron chi connectivity index (χ3n) is 1.22. The Hall–Kier alpha value is -0.740. The lowest BCUT2D eigenvalue weighted by Crippen LogP contribution is -2.42. The van der Waals surface area contributed by atoms with Crippen molar-refractivity contribution in [2.75, 3.05) is 0 Å². The fourth-order valence-electron chi connectivity index (χ4n) is 0.776. The quantitative estimate of drug-likeness (QED) is 0.809. The predicted octanol–water partition coefficient (Wildman–Crippen LogP) is 3.29. The molecule has 0 radical (unpaired) electrons. The van der Waals surface area contributed by atoms with Crippen LogP contribution in [0.4, 0.5) is 4.79 Å². The average molecular weight is 234 g/mol. The van der Waals surface area contributed by atoms with Gasteiger partial charge in [0.25, 0.3) is 0 Å². The van der Waals surface area contributed by atoms with Crippen LogP contribution in [0, 0.1) is 0 Å². The van der Waals surface area contributed by atoms with Crippen LogP contribution in [-0.2, 0) is 0 Å². The van der Waals surface area contributed by atoms with Crippen molar-refractivity contribution in [3.8, 4) is 5.06 Å². The molecule has 1 N–H and O–H groups in total. The molecule has 0 aromatic carbocycles. The zero-order chi connectivity index (χ0) is 10.8. The van der Waals surface area contributed by atoms with Gasteiger partial charge in [-0.15, -0.1) is 0 Å². The molecule has 0 aliphatic rings. The molecular weight excluding hydrogens is 222 g/mol. The van der Waals surface area contributed by atoms with E-state index < -0.39 is 6.09 Å². The van der Waals surface area contributed by atoms with Gasteiger partial charge in [-0.3, -0.25) is 0 Å². The number of hydrogen-bond donors (Lipinski definition) is 1. The Balaban J connectivity index is 2.50. The normalized spacial score (nSPS) is 11.1. The Morgan fingerprint density at radius 3 is 2.57 bits per heavy atom. The van der Waals surface area contributed by atoms with E-state index in [-0.39, 0.29) is 5.54 Å². The summed E-state index contributed by atoms with van der Waals surface area (Å²) in [6.45, 7) is 5.65. The minimum Gasteiger partial charge on any atom is -0.399 e. The van der Waals surface area contributed by atoms with E-state index in [9.17, 15) is 4.79 Å². The number of nitrogens with one attached hydrogen (secondary N) is 1. The maximum absolute atomic E-state index is 11.3. The van der Waals surface area contributed by atoms with E-state index in [0.29, 0.717) is 9.40 Å². The second-order valence-electron chi connectivity index (χ2n) is 3.82. The lowest BCUT2D eigenvalue weighted by atomic mass is 10.1. The first-order chi connectivity index (χ1) is 6.37. The predicted molar refractivity (Wildman–Crippen MR) is 58.2 cm³/mol. The van der Waals surface area contributed by atoms with Crippen LogP contribution in [0.1, 0.15) is 20.8 Å². The zero-order valence-corrected chi connectivity index (χ0v) is 9.83. The summed E-state index contributed by atoms with van der Waals surface area (Å²) in [6, 6.07) is 3.35. The van der Waals surface area contributed by atoms with Gasteiger partial charge in [-0.1, -0.05) is 22.9 Å². The summed E-state index contributed by atoms with van der Waals surface area (Å²) in [5.74, 6) is 0. The minimum atomic E-state index is -0.462. The first-order valence-electron chi connectivity index (χ1n) is 4.12.